The lowest BCUT2D eigenvalue weighted by Crippen LogP contribution is -2.04. The first-order valence-corrected chi connectivity index (χ1v) is 3.25. The van der Waals surface area contributed by atoms with Gasteiger partial charge in [0.05, 0.1) is 12.6 Å². The van der Waals surface area contributed by atoms with Crippen LogP contribution < -0.4 is 5.73 Å². The van der Waals surface area contributed by atoms with Crippen molar-refractivity contribution in [2.75, 3.05) is 0 Å². The molecule has 0 bridgehead atoms. The van der Waals surface area contributed by atoms with Gasteiger partial charge in [-0.15, -0.1) is 11.3 Å². The Kier molecular flexibility index (Phi) is 1.25. The minimum Gasteiger partial charge on any atom is -0.323 e. The fourth-order valence-electron chi connectivity index (χ4n) is 0.401. The van der Waals surface area contributed by atoms with Crippen LogP contribution >= 0.6 is 11.3 Å². The highest BCUT2D eigenvalue weighted by molar-refractivity contribution is 7.07. The first kappa shape index (κ1) is 4.47. The monoisotopic (exact) mass is 129 g/mol. The summed E-state index contributed by atoms with van der Waals surface area (Å²) in [4.78, 5) is 3.87. The van der Waals surface area contributed by atoms with E-state index in [0.29, 0.717) is 5.49 Å². The Bertz CT molecular complexity index is 197. The molecular weight excluding hydrogens is 120 g/mol. The second kappa shape index (κ2) is 2.24. The largest absolute Gasteiger partial charge is 0.323 e. The van der Waals surface area contributed by atoms with Crippen LogP contribution in [0.5, 0.6) is 0 Å². The van der Waals surface area contributed by atoms with Crippen molar-refractivity contribution in [3.8, 4) is 0 Å². The molecule has 1 aromatic heterocycles. The Hall–Kier alpha value is -0.410. The third-order valence-corrected chi connectivity index (χ3v) is 1.43. The Morgan fingerprint density at radius 3 is 3.12 bits per heavy atom. The molecule has 2 nitrogen and oxygen atoms in total. The van der Waals surface area contributed by atoms with Crippen LogP contribution in [-0.2, 0) is 0 Å². The molecule has 0 radical (unpaired) electrons. The van der Waals surface area contributed by atoms with E-state index < -0.39 is 0 Å². The van der Waals surface area contributed by atoms with Gasteiger partial charge in [-0.05, 0) is 6.92 Å². The predicted molar refractivity (Wildman–Crippen MR) is 34.7 cm³/mol. The molecule has 1 rings (SSSR count). The zero-order valence-corrected chi connectivity index (χ0v) is 5.40. The fraction of sp³-hybridized carbons (Fsp3) is 0.400. The van der Waals surface area contributed by atoms with Gasteiger partial charge in [-0.3, -0.25) is 0 Å². The SMILES string of the molecule is [2H]c1nc(C(C)N)cs1. The lowest BCUT2D eigenvalue weighted by atomic mass is 10.3. The van der Waals surface area contributed by atoms with Gasteiger partial charge in [-0.25, -0.2) is 4.98 Å². The normalized spacial score (nSPS) is 15.5. The number of thiazole rings is 1. The molecule has 0 spiro atoms. The van der Waals surface area contributed by atoms with Crippen molar-refractivity contribution in [3.05, 3.63) is 16.6 Å². The Morgan fingerprint density at radius 2 is 2.88 bits per heavy atom. The summed E-state index contributed by atoms with van der Waals surface area (Å²) in [5.41, 5.74) is 6.63. The first-order chi connectivity index (χ1) is 4.20. The van der Waals surface area contributed by atoms with Crippen molar-refractivity contribution in [2.24, 2.45) is 5.73 Å². The molecule has 0 saturated heterocycles. The minimum absolute atomic E-state index is 0.0413. The third kappa shape index (κ3) is 1.05. The second-order valence-corrected chi connectivity index (χ2v) is 2.31. The average molecular weight is 129 g/mol. The topological polar surface area (TPSA) is 38.9 Å². The van der Waals surface area contributed by atoms with Crippen LogP contribution in [0.3, 0.4) is 0 Å². The van der Waals surface area contributed by atoms with Crippen LogP contribution in [0, 0.1) is 0 Å². The van der Waals surface area contributed by atoms with E-state index in [-0.39, 0.29) is 6.04 Å². The van der Waals surface area contributed by atoms with Crippen molar-refractivity contribution in [2.45, 2.75) is 13.0 Å². The minimum atomic E-state index is -0.0413. The lowest BCUT2D eigenvalue weighted by molar-refractivity contribution is 0.789. The quantitative estimate of drug-likeness (QED) is 0.618. The van der Waals surface area contributed by atoms with Gasteiger partial charge in [-0.2, -0.15) is 0 Å². The molecule has 0 saturated carbocycles. The van der Waals surface area contributed by atoms with E-state index in [9.17, 15) is 0 Å². The molecule has 0 aliphatic heterocycles. The number of nitrogens with two attached hydrogens (primary N) is 1. The van der Waals surface area contributed by atoms with Crippen LogP contribution in [0.1, 0.15) is 20.0 Å². The molecule has 1 heterocycles. The van der Waals surface area contributed by atoms with E-state index in [4.69, 9.17) is 7.10 Å². The molecule has 0 amide bonds. The smallest absolute Gasteiger partial charge is 0.0960 e. The summed E-state index contributed by atoms with van der Waals surface area (Å²) in [6, 6.07) is -0.0413. The maximum absolute atomic E-state index is 7.06. The molecule has 1 atom stereocenters. The van der Waals surface area contributed by atoms with Gasteiger partial charge in [0.1, 0.15) is 0 Å². The first-order valence-electron chi connectivity index (χ1n) is 2.88. The highest BCUT2D eigenvalue weighted by Crippen LogP contribution is 2.07. The standard InChI is InChI=1S/C5H8N2S/c1-4(6)5-2-8-3-7-5/h2-4H,6H2,1H3/i3D. The van der Waals surface area contributed by atoms with Gasteiger partial charge in [0.25, 0.3) is 0 Å². The van der Waals surface area contributed by atoms with Crippen LogP contribution in [-0.4, -0.2) is 4.98 Å². The summed E-state index contributed by atoms with van der Waals surface area (Å²) in [6.07, 6.45) is 0. The van der Waals surface area contributed by atoms with E-state index in [1.165, 1.54) is 11.3 Å². The molecule has 3 heteroatoms. The van der Waals surface area contributed by atoms with E-state index in [0.717, 1.165) is 5.69 Å². The number of aromatic nitrogens is 1. The molecule has 0 aliphatic rings. The van der Waals surface area contributed by atoms with Crippen molar-refractivity contribution in [1.82, 2.24) is 4.98 Å². The molecule has 1 aromatic rings. The van der Waals surface area contributed by atoms with Crippen LogP contribution in [0.15, 0.2) is 10.9 Å². The molecule has 1 unspecified atom stereocenters. The van der Waals surface area contributed by atoms with Crippen LogP contribution in [0.4, 0.5) is 0 Å². The number of hydrogen-bond donors (Lipinski definition) is 1. The summed E-state index contributed by atoms with van der Waals surface area (Å²) >= 11 is 1.31. The molecule has 0 aliphatic carbocycles. The Balaban J connectivity index is 2.85. The van der Waals surface area contributed by atoms with E-state index in [1.807, 2.05) is 12.3 Å². The number of rotatable bonds is 1. The summed E-state index contributed by atoms with van der Waals surface area (Å²) in [6.45, 7) is 1.86. The summed E-state index contributed by atoms with van der Waals surface area (Å²) < 4.78 is 7.06. The van der Waals surface area contributed by atoms with Gasteiger partial charge in [-0.1, -0.05) is 0 Å². The summed E-state index contributed by atoms with van der Waals surface area (Å²) in [5.74, 6) is 0. The van der Waals surface area contributed by atoms with Gasteiger partial charge >= 0.3 is 0 Å². The number of nitrogens with zero attached hydrogens (tertiary/aromatic N) is 1. The van der Waals surface area contributed by atoms with Crippen molar-refractivity contribution in [3.63, 3.8) is 0 Å². The summed E-state index contributed by atoms with van der Waals surface area (Å²) in [5, 5.41) is 1.81. The highest BCUT2D eigenvalue weighted by Gasteiger charge is 1.97. The molecule has 0 fully saturated rings. The molecule has 8 heavy (non-hydrogen) atoms. The van der Waals surface area contributed by atoms with Gasteiger partial charge in [0.15, 0.2) is 0 Å². The van der Waals surface area contributed by atoms with Crippen molar-refractivity contribution >= 4 is 11.3 Å². The van der Waals surface area contributed by atoms with Crippen LogP contribution in [0.2, 0.25) is 0 Å². The van der Waals surface area contributed by atoms with Gasteiger partial charge in [0.2, 0.25) is 0 Å². The third-order valence-electron chi connectivity index (χ3n) is 0.874. The molecule has 2 N–H and O–H groups in total. The van der Waals surface area contributed by atoms with E-state index in [1.54, 1.807) is 0 Å². The van der Waals surface area contributed by atoms with E-state index in [2.05, 4.69) is 4.98 Å². The molecule has 0 aromatic carbocycles. The average Bonchev–Trinajstić information content (AvgIpc) is 2.14. The molecule has 44 valence electrons. The predicted octanol–water partition coefficient (Wildman–Crippen LogP) is 1.16. The lowest BCUT2D eigenvalue weighted by Gasteiger charge is -1.95. The zero-order valence-electron chi connectivity index (χ0n) is 5.59. The summed E-state index contributed by atoms with van der Waals surface area (Å²) in [7, 11) is 0. The highest BCUT2D eigenvalue weighted by atomic mass is 32.1. The fourth-order valence-corrected chi connectivity index (χ4v) is 1.00. The zero-order chi connectivity index (χ0) is 6.85. The number of hydrogen-bond acceptors (Lipinski definition) is 3. The second-order valence-electron chi connectivity index (χ2n) is 1.65. The Morgan fingerprint density at radius 1 is 2.12 bits per heavy atom. The molecular formula is C5H8N2S. The van der Waals surface area contributed by atoms with Crippen LogP contribution in [0.25, 0.3) is 0 Å². The van der Waals surface area contributed by atoms with Crippen molar-refractivity contribution in [1.29, 1.82) is 0 Å². The van der Waals surface area contributed by atoms with Gasteiger partial charge < -0.3 is 5.73 Å². The maximum atomic E-state index is 7.06. The Labute approximate surface area is 53.8 Å². The van der Waals surface area contributed by atoms with Gasteiger partial charge in [0, 0.05) is 11.4 Å². The maximum Gasteiger partial charge on any atom is 0.0960 e. The van der Waals surface area contributed by atoms with E-state index >= 15 is 0 Å². The van der Waals surface area contributed by atoms with Crippen molar-refractivity contribution < 1.29 is 1.37 Å².